The van der Waals surface area contributed by atoms with E-state index in [-0.39, 0.29) is 0 Å². The van der Waals surface area contributed by atoms with Gasteiger partial charge in [0, 0.05) is 18.3 Å². The van der Waals surface area contributed by atoms with Crippen LogP contribution in [-0.2, 0) is 6.42 Å². The van der Waals surface area contributed by atoms with Gasteiger partial charge in [0.1, 0.15) is 5.82 Å². The van der Waals surface area contributed by atoms with Crippen LogP contribution in [0.1, 0.15) is 44.1 Å². The maximum atomic E-state index is 5.91. The highest BCUT2D eigenvalue weighted by Gasteiger charge is 2.16. The first-order chi connectivity index (χ1) is 8.72. The predicted octanol–water partition coefficient (Wildman–Crippen LogP) is 4.49. The summed E-state index contributed by atoms with van der Waals surface area (Å²) in [4.78, 5) is 4.80. The minimum Gasteiger partial charge on any atom is -0.325 e. The number of hydrogen-bond donors (Lipinski definition) is 0. The van der Waals surface area contributed by atoms with Gasteiger partial charge in [0.25, 0.3) is 0 Å². The Morgan fingerprint density at radius 3 is 2.61 bits per heavy atom. The quantitative estimate of drug-likeness (QED) is 0.728. The first kappa shape index (κ1) is 13.4. The monoisotopic (exact) mass is 264 g/mol. The summed E-state index contributed by atoms with van der Waals surface area (Å²) in [7, 11) is 0. The Morgan fingerprint density at radius 1 is 1.28 bits per heavy atom. The number of aryl methyl sites for hydroxylation is 2. The van der Waals surface area contributed by atoms with Crippen LogP contribution in [0, 0.1) is 6.92 Å². The van der Waals surface area contributed by atoms with Gasteiger partial charge < -0.3 is 4.57 Å². The fraction of sp³-hybridized carbons (Fsp3) is 0.533. The van der Waals surface area contributed by atoms with E-state index in [2.05, 4.69) is 43.5 Å². The molecule has 0 aliphatic rings. The van der Waals surface area contributed by atoms with Crippen LogP contribution in [0.15, 0.2) is 18.2 Å². The molecule has 2 aromatic rings. The molecular formula is C15H21ClN2. The topological polar surface area (TPSA) is 17.8 Å². The van der Waals surface area contributed by atoms with Crippen LogP contribution in [0.5, 0.6) is 0 Å². The zero-order valence-electron chi connectivity index (χ0n) is 11.4. The summed E-state index contributed by atoms with van der Waals surface area (Å²) in [6.45, 7) is 6.59. The standard InChI is InChI=1S/C15H21ClN2/c1-4-12(5-2)18-13-8-6-7-11(3)15(13)17-14(18)9-10-16/h6-8,12H,4-5,9-10H2,1-3H3. The molecule has 0 bridgehead atoms. The van der Waals surface area contributed by atoms with Crippen LogP contribution in [-0.4, -0.2) is 15.4 Å². The van der Waals surface area contributed by atoms with Gasteiger partial charge in [0.05, 0.1) is 11.0 Å². The van der Waals surface area contributed by atoms with Crippen LogP contribution in [0.25, 0.3) is 11.0 Å². The molecule has 0 radical (unpaired) electrons. The van der Waals surface area contributed by atoms with E-state index in [1.165, 1.54) is 11.1 Å². The van der Waals surface area contributed by atoms with Gasteiger partial charge in [0.15, 0.2) is 0 Å². The van der Waals surface area contributed by atoms with Crippen molar-refractivity contribution in [3.63, 3.8) is 0 Å². The Bertz CT molecular complexity index is 527. The van der Waals surface area contributed by atoms with Crippen LogP contribution in [0.2, 0.25) is 0 Å². The van der Waals surface area contributed by atoms with Gasteiger partial charge in [-0.05, 0) is 31.4 Å². The van der Waals surface area contributed by atoms with Crippen LogP contribution in [0.3, 0.4) is 0 Å². The highest BCUT2D eigenvalue weighted by atomic mass is 35.5. The second kappa shape index (κ2) is 5.75. The van der Waals surface area contributed by atoms with Crippen LogP contribution >= 0.6 is 11.6 Å². The number of alkyl halides is 1. The lowest BCUT2D eigenvalue weighted by atomic mass is 10.1. The first-order valence-electron chi connectivity index (χ1n) is 6.75. The Balaban J connectivity index is 2.65. The molecule has 0 spiro atoms. The summed E-state index contributed by atoms with van der Waals surface area (Å²) in [5, 5.41) is 0. The Morgan fingerprint density at radius 2 is 2.00 bits per heavy atom. The van der Waals surface area contributed by atoms with Gasteiger partial charge in [-0.2, -0.15) is 0 Å². The van der Waals surface area contributed by atoms with Gasteiger partial charge in [0.2, 0.25) is 0 Å². The number of fused-ring (bicyclic) bond motifs is 1. The van der Waals surface area contributed by atoms with Gasteiger partial charge >= 0.3 is 0 Å². The van der Waals surface area contributed by atoms with E-state index >= 15 is 0 Å². The molecule has 3 heteroatoms. The van der Waals surface area contributed by atoms with Crippen molar-refractivity contribution in [1.82, 2.24) is 9.55 Å². The maximum absolute atomic E-state index is 5.91. The molecule has 0 saturated heterocycles. The molecule has 0 unspecified atom stereocenters. The van der Waals surface area contributed by atoms with Gasteiger partial charge in [-0.3, -0.25) is 0 Å². The Labute approximate surface area is 114 Å². The molecular weight excluding hydrogens is 244 g/mol. The SMILES string of the molecule is CCC(CC)n1c(CCCl)nc2c(C)cccc21. The lowest BCUT2D eigenvalue weighted by Crippen LogP contribution is -2.11. The molecule has 2 nitrogen and oxygen atoms in total. The molecule has 1 aromatic carbocycles. The second-order valence-corrected chi connectivity index (χ2v) is 5.13. The third-order valence-corrected chi connectivity index (χ3v) is 3.81. The van der Waals surface area contributed by atoms with E-state index in [4.69, 9.17) is 16.6 Å². The van der Waals surface area contributed by atoms with Crippen molar-refractivity contribution in [3.8, 4) is 0 Å². The molecule has 0 amide bonds. The number of benzene rings is 1. The molecule has 0 N–H and O–H groups in total. The van der Waals surface area contributed by atoms with Gasteiger partial charge in [-0.15, -0.1) is 11.6 Å². The lowest BCUT2D eigenvalue weighted by molar-refractivity contribution is 0.468. The summed E-state index contributed by atoms with van der Waals surface area (Å²) in [6, 6.07) is 6.93. The largest absolute Gasteiger partial charge is 0.325 e. The van der Waals surface area contributed by atoms with Crippen molar-refractivity contribution < 1.29 is 0 Å². The van der Waals surface area contributed by atoms with Crippen molar-refractivity contribution in [2.24, 2.45) is 0 Å². The maximum Gasteiger partial charge on any atom is 0.111 e. The Hall–Kier alpha value is -1.02. The highest BCUT2D eigenvalue weighted by Crippen LogP contribution is 2.27. The van der Waals surface area contributed by atoms with E-state index in [0.29, 0.717) is 11.9 Å². The zero-order valence-corrected chi connectivity index (χ0v) is 12.2. The molecule has 1 aromatic heterocycles. The minimum absolute atomic E-state index is 0.523. The molecule has 98 valence electrons. The van der Waals surface area contributed by atoms with Crippen LogP contribution < -0.4 is 0 Å². The third-order valence-electron chi connectivity index (χ3n) is 3.62. The highest BCUT2D eigenvalue weighted by molar-refractivity contribution is 6.17. The summed E-state index contributed by atoms with van der Waals surface area (Å²) < 4.78 is 2.39. The predicted molar refractivity (Wildman–Crippen MR) is 78.5 cm³/mol. The number of rotatable bonds is 5. The summed E-state index contributed by atoms with van der Waals surface area (Å²) >= 11 is 5.91. The molecule has 0 atom stereocenters. The van der Waals surface area contributed by atoms with Crippen molar-refractivity contribution in [1.29, 1.82) is 0 Å². The molecule has 1 heterocycles. The number of nitrogens with zero attached hydrogens (tertiary/aromatic N) is 2. The number of imidazole rings is 1. The first-order valence-corrected chi connectivity index (χ1v) is 7.28. The molecule has 18 heavy (non-hydrogen) atoms. The van der Waals surface area contributed by atoms with Crippen molar-refractivity contribution in [2.45, 2.75) is 46.1 Å². The van der Waals surface area contributed by atoms with Gasteiger partial charge in [-0.25, -0.2) is 4.98 Å². The molecule has 0 fully saturated rings. The molecule has 0 aliphatic carbocycles. The van der Waals surface area contributed by atoms with Gasteiger partial charge in [-0.1, -0.05) is 26.0 Å². The van der Waals surface area contributed by atoms with E-state index in [1.54, 1.807) is 0 Å². The summed E-state index contributed by atoms with van der Waals surface area (Å²) in [5.41, 5.74) is 3.63. The Kier molecular flexibility index (Phi) is 4.28. The smallest absolute Gasteiger partial charge is 0.111 e. The van der Waals surface area contributed by atoms with Crippen molar-refractivity contribution >= 4 is 22.6 Å². The fourth-order valence-electron chi connectivity index (χ4n) is 2.63. The average molecular weight is 265 g/mol. The lowest BCUT2D eigenvalue weighted by Gasteiger charge is -2.18. The molecule has 0 aliphatic heterocycles. The normalized spacial score (nSPS) is 11.6. The third kappa shape index (κ3) is 2.26. The summed E-state index contributed by atoms with van der Waals surface area (Å²) in [5.74, 6) is 1.76. The molecule has 2 rings (SSSR count). The van der Waals surface area contributed by atoms with Crippen LogP contribution in [0.4, 0.5) is 0 Å². The van der Waals surface area contributed by atoms with E-state index < -0.39 is 0 Å². The fourth-order valence-corrected chi connectivity index (χ4v) is 2.80. The van der Waals surface area contributed by atoms with E-state index in [1.807, 2.05) is 0 Å². The average Bonchev–Trinajstić information content (AvgIpc) is 2.72. The van der Waals surface area contributed by atoms with Crippen molar-refractivity contribution in [3.05, 3.63) is 29.6 Å². The number of aromatic nitrogens is 2. The van der Waals surface area contributed by atoms with Crippen molar-refractivity contribution in [2.75, 3.05) is 5.88 Å². The number of hydrogen-bond acceptors (Lipinski definition) is 1. The minimum atomic E-state index is 0.523. The van der Waals surface area contributed by atoms with E-state index in [9.17, 15) is 0 Å². The molecule has 0 saturated carbocycles. The van der Waals surface area contributed by atoms with E-state index in [0.717, 1.165) is 30.6 Å². The number of halogens is 1. The second-order valence-electron chi connectivity index (χ2n) is 4.75. The number of para-hydroxylation sites is 1. The summed E-state index contributed by atoms with van der Waals surface area (Å²) in [6.07, 6.45) is 3.10. The zero-order chi connectivity index (χ0) is 13.1.